The molecule has 4 heteroatoms. The Bertz CT molecular complexity index is 495. The van der Waals surface area contributed by atoms with E-state index < -0.39 is 0 Å². The molecule has 20 heavy (non-hydrogen) atoms. The molecule has 1 amide bonds. The molecule has 110 valence electrons. The first kappa shape index (κ1) is 15.2. The predicted octanol–water partition coefficient (Wildman–Crippen LogP) is 3.53. The van der Waals surface area contributed by atoms with Crippen molar-refractivity contribution < 1.29 is 4.79 Å². The first-order valence-electron chi connectivity index (χ1n) is 7.36. The van der Waals surface area contributed by atoms with Gasteiger partial charge in [-0.25, -0.2) is 0 Å². The molecule has 2 aliphatic rings. The second-order valence-electron chi connectivity index (χ2n) is 6.08. The van der Waals surface area contributed by atoms with Crippen molar-refractivity contribution in [3.8, 4) is 0 Å². The molecule has 3 nitrogen and oxygen atoms in total. The highest BCUT2D eigenvalue weighted by Gasteiger charge is 2.31. The Balaban J connectivity index is 0.00000147. The van der Waals surface area contributed by atoms with Crippen molar-refractivity contribution in [2.45, 2.75) is 51.0 Å². The summed E-state index contributed by atoms with van der Waals surface area (Å²) in [4.78, 5) is 12.5. The fourth-order valence-corrected chi connectivity index (χ4v) is 3.34. The summed E-state index contributed by atoms with van der Waals surface area (Å²) in [6, 6.07) is 6.01. The third-order valence-corrected chi connectivity index (χ3v) is 4.46. The van der Waals surface area contributed by atoms with E-state index in [0.717, 1.165) is 43.5 Å². The van der Waals surface area contributed by atoms with Gasteiger partial charge in [-0.15, -0.1) is 12.4 Å². The topological polar surface area (TPSA) is 41.1 Å². The number of hydrogen-bond donors (Lipinski definition) is 2. The molecule has 0 atom stereocenters. The van der Waals surface area contributed by atoms with Crippen molar-refractivity contribution in [1.82, 2.24) is 5.32 Å². The summed E-state index contributed by atoms with van der Waals surface area (Å²) in [6.07, 6.45) is 6.77. The van der Waals surface area contributed by atoms with Gasteiger partial charge < -0.3 is 10.6 Å². The van der Waals surface area contributed by atoms with Crippen molar-refractivity contribution in [2.24, 2.45) is 0 Å². The number of halogens is 1. The fraction of sp³-hybridized carbons (Fsp3) is 0.562. The number of benzene rings is 1. The average molecular weight is 295 g/mol. The largest absolute Gasteiger partial charge is 0.385 e. The van der Waals surface area contributed by atoms with Crippen LogP contribution >= 0.6 is 12.4 Å². The Morgan fingerprint density at radius 2 is 2.00 bits per heavy atom. The molecule has 1 aliphatic heterocycles. The van der Waals surface area contributed by atoms with E-state index in [-0.39, 0.29) is 23.9 Å². The molecule has 0 spiro atoms. The van der Waals surface area contributed by atoms with Crippen LogP contribution in [0.15, 0.2) is 18.2 Å². The normalized spacial score (nSPS) is 19.4. The fourth-order valence-electron chi connectivity index (χ4n) is 3.34. The van der Waals surface area contributed by atoms with Crippen LogP contribution in [0, 0.1) is 0 Å². The molecular weight excluding hydrogens is 272 g/mol. The number of amides is 1. The van der Waals surface area contributed by atoms with Crippen LogP contribution in [-0.2, 0) is 6.42 Å². The summed E-state index contributed by atoms with van der Waals surface area (Å²) in [7, 11) is 0. The van der Waals surface area contributed by atoms with E-state index in [0.29, 0.717) is 0 Å². The summed E-state index contributed by atoms with van der Waals surface area (Å²) in [5.74, 6) is 0.102. The monoisotopic (exact) mass is 294 g/mol. The molecule has 1 heterocycles. The minimum atomic E-state index is 0. The number of rotatable bonds is 2. The van der Waals surface area contributed by atoms with E-state index in [2.05, 4.69) is 23.6 Å². The highest BCUT2D eigenvalue weighted by atomic mass is 35.5. The number of hydrogen-bond acceptors (Lipinski definition) is 2. The highest BCUT2D eigenvalue weighted by Crippen LogP contribution is 2.30. The van der Waals surface area contributed by atoms with Crippen molar-refractivity contribution in [1.29, 1.82) is 0 Å². The van der Waals surface area contributed by atoms with Gasteiger partial charge in [0.25, 0.3) is 5.91 Å². The van der Waals surface area contributed by atoms with Crippen LogP contribution in [0.2, 0.25) is 0 Å². The number of nitrogens with one attached hydrogen (secondary N) is 2. The molecule has 2 N–H and O–H groups in total. The number of anilines is 1. The maximum absolute atomic E-state index is 12.5. The molecule has 0 radical (unpaired) electrons. The Hall–Kier alpha value is -1.22. The molecular formula is C16H23ClN2O. The van der Waals surface area contributed by atoms with Crippen LogP contribution in [0.1, 0.15) is 54.9 Å². The van der Waals surface area contributed by atoms with Gasteiger partial charge in [0.1, 0.15) is 0 Å². The summed E-state index contributed by atoms with van der Waals surface area (Å²) in [6.45, 7) is 3.18. The van der Waals surface area contributed by atoms with Gasteiger partial charge in [0.15, 0.2) is 0 Å². The standard InChI is InChI=1S/C16H22N2O.ClH/c1-16(9-2-3-10-16)18-15(19)13-6-4-8-14-12(13)7-5-11-17-14;/h4,6,8,17H,2-3,5,7,9-11H2,1H3,(H,18,19);1H. The van der Waals surface area contributed by atoms with Gasteiger partial charge in [-0.3, -0.25) is 4.79 Å². The van der Waals surface area contributed by atoms with E-state index in [1.165, 1.54) is 18.4 Å². The van der Waals surface area contributed by atoms with Gasteiger partial charge in [0, 0.05) is 23.3 Å². The van der Waals surface area contributed by atoms with Crippen molar-refractivity contribution >= 4 is 24.0 Å². The summed E-state index contributed by atoms with van der Waals surface area (Å²) in [5.41, 5.74) is 3.18. The number of carbonyl (C=O) groups is 1. The summed E-state index contributed by atoms with van der Waals surface area (Å²) in [5, 5.41) is 6.64. The minimum Gasteiger partial charge on any atom is -0.385 e. The molecule has 1 aliphatic carbocycles. The average Bonchev–Trinajstić information content (AvgIpc) is 2.84. The van der Waals surface area contributed by atoms with E-state index in [1.54, 1.807) is 0 Å². The van der Waals surface area contributed by atoms with Crippen LogP contribution in [0.5, 0.6) is 0 Å². The second kappa shape index (κ2) is 6.04. The van der Waals surface area contributed by atoms with E-state index in [1.807, 2.05) is 12.1 Å². The van der Waals surface area contributed by atoms with Gasteiger partial charge in [0.05, 0.1) is 0 Å². The Labute approximate surface area is 126 Å². The lowest BCUT2D eigenvalue weighted by atomic mass is 9.95. The van der Waals surface area contributed by atoms with Crippen LogP contribution in [0.3, 0.4) is 0 Å². The van der Waals surface area contributed by atoms with Crippen LogP contribution in [0.25, 0.3) is 0 Å². The first-order valence-corrected chi connectivity index (χ1v) is 7.36. The third-order valence-electron chi connectivity index (χ3n) is 4.46. The molecule has 0 unspecified atom stereocenters. The van der Waals surface area contributed by atoms with Crippen LogP contribution in [0.4, 0.5) is 5.69 Å². The van der Waals surface area contributed by atoms with Crippen LogP contribution < -0.4 is 10.6 Å². The van der Waals surface area contributed by atoms with E-state index in [4.69, 9.17) is 0 Å². The predicted molar refractivity (Wildman–Crippen MR) is 84.8 cm³/mol. The van der Waals surface area contributed by atoms with Gasteiger partial charge in [-0.2, -0.15) is 0 Å². The molecule has 0 aromatic heterocycles. The molecule has 0 bridgehead atoms. The summed E-state index contributed by atoms with van der Waals surface area (Å²) < 4.78 is 0. The summed E-state index contributed by atoms with van der Waals surface area (Å²) >= 11 is 0. The Kier molecular flexibility index (Phi) is 4.59. The lowest BCUT2D eigenvalue weighted by Gasteiger charge is -2.27. The number of carbonyl (C=O) groups excluding carboxylic acids is 1. The smallest absolute Gasteiger partial charge is 0.252 e. The van der Waals surface area contributed by atoms with Crippen LogP contribution in [-0.4, -0.2) is 18.0 Å². The van der Waals surface area contributed by atoms with E-state index in [9.17, 15) is 4.79 Å². The third kappa shape index (κ3) is 2.93. The maximum Gasteiger partial charge on any atom is 0.252 e. The van der Waals surface area contributed by atoms with Crippen molar-refractivity contribution in [2.75, 3.05) is 11.9 Å². The van der Waals surface area contributed by atoms with Gasteiger partial charge >= 0.3 is 0 Å². The highest BCUT2D eigenvalue weighted by molar-refractivity contribution is 5.97. The van der Waals surface area contributed by atoms with Gasteiger partial charge in [-0.05, 0) is 50.3 Å². The first-order chi connectivity index (χ1) is 9.18. The Morgan fingerprint density at radius 3 is 2.75 bits per heavy atom. The lowest BCUT2D eigenvalue weighted by molar-refractivity contribution is 0.0907. The molecule has 0 saturated heterocycles. The second-order valence-corrected chi connectivity index (χ2v) is 6.08. The van der Waals surface area contributed by atoms with Gasteiger partial charge in [-0.1, -0.05) is 18.9 Å². The Morgan fingerprint density at radius 1 is 1.25 bits per heavy atom. The number of fused-ring (bicyclic) bond motifs is 1. The minimum absolute atomic E-state index is 0. The molecule has 1 saturated carbocycles. The van der Waals surface area contributed by atoms with Crippen molar-refractivity contribution in [3.63, 3.8) is 0 Å². The zero-order chi connectivity index (χ0) is 13.3. The van der Waals surface area contributed by atoms with E-state index >= 15 is 0 Å². The molecule has 1 aromatic rings. The van der Waals surface area contributed by atoms with Crippen molar-refractivity contribution in [3.05, 3.63) is 29.3 Å². The SMILES string of the molecule is CC1(NC(=O)c2cccc3c2CCCN3)CCCC1.Cl. The zero-order valence-corrected chi connectivity index (χ0v) is 12.8. The zero-order valence-electron chi connectivity index (χ0n) is 12.0. The quantitative estimate of drug-likeness (QED) is 0.876. The van der Waals surface area contributed by atoms with Gasteiger partial charge in [0.2, 0.25) is 0 Å². The lowest BCUT2D eigenvalue weighted by Crippen LogP contribution is -2.44. The molecule has 1 fully saturated rings. The molecule has 3 rings (SSSR count). The molecule has 1 aromatic carbocycles. The maximum atomic E-state index is 12.5.